The fourth-order valence-corrected chi connectivity index (χ4v) is 5.11. The number of nitrogens with one attached hydrogen (secondary N) is 1. The molecule has 1 aliphatic heterocycles. The predicted molar refractivity (Wildman–Crippen MR) is 99.9 cm³/mol. The standard InChI is InChI=1S/C19H31N3S/c1-14-7-8-15-16(13-14)21-17(20-15)23-12-11-22-18(2,3)9-6-10-19(22,4)5/h7-8,14H,6,9-13H2,1-5H3,(H,20,21). The molecule has 128 valence electrons. The molecule has 0 saturated carbocycles. The summed E-state index contributed by atoms with van der Waals surface area (Å²) in [7, 11) is 0. The molecule has 2 aliphatic rings. The number of allylic oxidation sites excluding steroid dienone is 1. The lowest BCUT2D eigenvalue weighted by Crippen LogP contribution is -2.59. The Morgan fingerprint density at radius 1 is 1.26 bits per heavy atom. The van der Waals surface area contributed by atoms with Gasteiger partial charge in [0.15, 0.2) is 5.16 Å². The van der Waals surface area contributed by atoms with Crippen LogP contribution in [-0.4, -0.2) is 38.2 Å². The Morgan fingerprint density at radius 3 is 2.65 bits per heavy atom. The first-order valence-corrected chi connectivity index (χ1v) is 9.94. The summed E-state index contributed by atoms with van der Waals surface area (Å²) in [6.07, 6.45) is 9.47. The zero-order valence-corrected chi connectivity index (χ0v) is 16.1. The van der Waals surface area contributed by atoms with Crippen LogP contribution in [0.2, 0.25) is 0 Å². The third-order valence-corrected chi connectivity index (χ3v) is 6.34. The van der Waals surface area contributed by atoms with Crippen molar-refractivity contribution >= 4 is 17.8 Å². The predicted octanol–water partition coefficient (Wildman–Crippen LogP) is 4.75. The number of imidazole rings is 1. The van der Waals surface area contributed by atoms with Crippen LogP contribution in [0.25, 0.3) is 6.08 Å². The lowest BCUT2D eigenvalue weighted by Gasteiger charge is -2.53. The van der Waals surface area contributed by atoms with Crippen molar-refractivity contribution in [2.75, 3.05) is 12.3 Å². The average Bonchev–Trinajstić information content (AvgIpc) is 2.83. The number of thioether (sulfide) groups is 1. The number of rotatable bonds is 4. The zero-order valence-electron chi connectivity index (χ0n) is 15.3. The van der Waals surface area contributed by atoms with Crippen LogP contribution in [0.4, 0.5) is 0 Å². The third-order valence-electron chi connectivity index (χ3n) is 5.49. The van der Waals surface area contributed by atoms with E-state index in [2.05, 4.69) is 56.7 Å². The number of nitrogens with zero attached hydrogens (tertiary/aromatic N) is 2. The van der Waals surface area contributed by atoms with Gasteiger partial charge in [-0.15, -0.1) is 0 Å². The van der Waals surface area contributed by atoms with E-state index < -0.39 is 0 Å². The summed E-state index contributed by atoms with van der Waals surface area (Å²) in [4.78, 5) is 11.0. The van der Waals surface area contributed by atoms with Crippen molar-refractivity contribution in [2.45, 2.75) is 76.5 Å². The van der Waals surface area contributed by atoms with Crippen LogP contribution in [0.5, 0.6) is 0 Å². The van der Waals surface area contributed by atoms with Crippen LogP contribution in [0, 0.1) is 5.92 Å². The Morgan fingerprint density at radius 2 is 1.96 bits per heavy atom. The maximum Gasteiger partial charge on any atom is 0.166 e. The molecule has 3 nitrogen and oxygen atoms in total. The van der Waals surface area contributed by atoms with Crippen molar-refractivity contribution in [3.05, 3.63) is 17.5 Å². The Kier molecular flexibility index (Phi) is 4.67. The topological polar surface area (TPSA) is 31.9 Å². The summed E-state index contributed by atoms with van der Waals surface area (Å²) < 4.78 is 0. The molecule has 0 spiro atoms. The molecule has 1 N–H and O–H groups in total. The minimum atomic E-state index is 0.308. The maximum absolute atomic E-state index is 4.74. The SMILES string of the molecule is CC1C=Cc2nc(SCCN3C(C)(C)CCCC3(C)C)[nH]c2C1. The Labute approximate surface area is 145 Å². The van der Waals surface area contributed by atoms with Crippen LogP contribution in [0.1, 0.15) is 65.3 Å². The molecule has 1 aliphatic carbocycles. The molecular formula is C19H31N3S. The number of H-pyrrole nitrogens is 1. The molecule has 0 amide bonds. The molecule has 0 aromatic carbocycles. The number of likely N-dealkylation sites (tertiary alicyclic amines) is 1. The normalized spacial score (nSPS) is 26.2. The maximum atomic E-state index is 4.74. The zero-order chi connectivity index (χ0) is 16.7. The van der Waals surface area contributed by atoms with Crippen molar-refractivity contribution < 1.29 is 0 Å². The second kappa shape index (κ2) is 6.29. The number of aromatic nitrogens is 2. The summed E-state index contributed by atoms with van der Waals surface area (Å²) in [5.41, 5.74) is 3.07. The fourth-order valence-electron chi connectivity index (χ4n) is 4.29. The van der Waals surface area contributed by atoms with Gasteiger partial charge in [-0.3, -0.25) is 4.90 Å². The second-order valence-electron chi connectivity index (χ2n) is 8.42. The molecule has 0 radical (unpaired) electrons. The Balaban J connectivity index is 1.60. The van der Waals surface area contributed by atoms with Gasteiger partial charge in [-0.05, 0) is 65.4 Å². The first-order chi connectivity index (χ1) is 10.8. The van der Waals surface area contributed by atoms with Gasteiger partial charge >= 0.3 is 0 Å². The van der Waals surface area contributed by atoms with Crippen LogP contribution in [0.15, 0.2) is 11.2 Å². The molecule has 4 heteroatoms. The highest BCUT2D eigenvalue weighted by atomic mass is 32.2. The molecule has 0 bridgehead atoms. The number of hydrogen-bond donors (Lipinski definition) is 1. The van der Waals surface area contributed by atoms with Crippen LogP contribution >= 0.6 is 11.8 Å². The minimum Gasteiger partial charge on any atom is -0.336 e. The van der Waals surface area contributed by atoms with Gasteiger partial charge in [-0.1, -0.05) is 24.8 Å². The van der Waals surface area contributed by atoms with E-state index >= 15 is 0 Å². The van der Waals surface area contributed by atoms with E-state index in [1.54, 1.807) is 0 Å². The smallest absolute Gasteiger partial charge is 0.166 e. The Hall–Kier alpha value is -0.740. The molecule has 1 atom stereocenters. The van der Waals surface area contributed by atoms with E-state index in [9.17, 15) is 0 Å². The summed E-state index contributed by atoms with van der Waals surface area (Å²) in [6, 6.07) is 0. The molecule has 23 heavy (non-hydrogen) atoms. The molecule has 1 aromatic heterocycles. The summed E-state index contributed by atoms with van der Waals surface area (Å²) in [5, 5.41) is 1.08. The van der Waals surface area contributed by atoms with E-state index in [0.29, 0.717) is 17.0 Å². The third kappa shape index (κ3) is 3.69. The van der Waals surface area contributed by atoms with Crippen molar-refractivity contribution in [3.8, 4) is 0 Å². The number of hydrogen-bond acceptors (Lipinski definition) is 3. The highest BCUT2D eigenvalue weighted by molar-refractivity contribution is 7.99. The van der Waals surface area contributed by atoms with E-state index in [1.807, 2.05) is 11.8 Å². The molecule has 1 fully saturated rings. The monoisotopic (exact) mass is 333 g/mol. The van der Waals surface area contributed by atoms with Gasteiger partial charge in [-0.2, -0.15) is 0 Å². The minimum absolute atomic E-state index is 0.308. The first-order valence-electron chi connectivity index (χ1n) is 8.96. The van der Waals surface area contributed by atoms with Crippen molar-refractivity contribution in [3.63, 3.8) is 0 Å². The van der Waals surface area contributed by atoms with Crippen molar-refractivity contribution in [1.82, 2.24) is 14.9 Å². The number of fused-ring (bicyclic) bond motifs is 1. The van der Waals surface area contributed by atoms with Crippen molar-refractivity contribution in [1.29, 1.82) is 0 Å². The summed E-state index contributed by atoms with van der Waals surface area (Å²) in [5.74, 6) is 1.72. The summed E-state index contributed by atoms with van der Waals surface area (Å²) >= 11 is 1.87. The molecule has 1 aromatic rings. The van der Waals surface area contributed by atoms with Gasteiger partial charge in [-0.25, -0.2) is 4.98 Å². The van der Waals surface area contributed by atoms with E-state index in [1.165, 1.54) is 25.0 Å². The Bertz CT molecular complexity index is 569. The van der Waals surface area contributed by atoms with Gasteiger partial charge in [0.25, 0.3) is 0 Å². The molecule has 1 saturated heterocycles. The quantitative estimate of drug-likeness (QED) is 0.807. The highest BCUT2D eigenvalue weighted by Crippen LogP contribution is 2.38. The van der Waals surface area contributed by atoms with Crippen LogP contribution in [0.3, 0.4) is 0 Å². The summed E-state index contributed by atoms with van der Waals surface area (Å²) in [6.45, 7) is 13.0. The molecular weight excluding hydrogens is 302 g/mol. The van der Waals surface area contributed by atoms with Gasteiger partial charge in [0, 0.05) is 29.1 Å². The van der Waals surface area contributed by atoms with Crippen LogP contribution in [-0.2, 0) is 6.42 Å². The van der Waals surface area contributed by atoms with Gasteiger partial charge in [0.2, 0.25) is 0 Å². The largest absolute Gasteiger partial charge is 0.336 e. The lowest BCUT2D eigenvalue weighted by molar-refractivity contribution is -0.0209. The first kappa shape index (κ1) is 17.1. The van der Waals surface area contributed by atoms with E-state index in [4.69, 9.17) is 4.98 Å². The number of aromatic amines is 1. The molecule has 1 unspecified atom stereocenters. The second-order valence-corrected chi connectivity index (χ2v) is 9.51. The van der Waals surface area contributed by atoms with Gasteiger partial charge in [0.1, 0.15) is 0 Å². The van der Waals surface area contributed by atoms with Gasteiger partial charge < -0.3 is 4.98 Å². The fraction of sp³-hybridized carbons (Fsp3) is 0.737. The molecule has 3 rings (SSSR count). The average molecular weight is 334 g/mol. The van der Waals surface area contributed by atoms with E-state index in [-0.39, 0.29) is 0 Å². The lowest BCUT2D eigenvalue weighted by atomic mass is 9.80. The number of piperidine rings is 1. The van der Waals surface area contributed by atoms with Gasteiger partial charge in [0.05, 0.1) is 5.69 Å². The molecule has 2 heterocycles. The van der Waals surface area contributed by atoms with E-state index in [0.717, 1.165) is 29.6 Å². The van der Waals surface area contributed by atoms with Crippen molar-refractivity contribution in [2.24, 2.45) is 5.92 Å². The highest BCUT2D eigenvalue weighted by Gasteiger charge is 2.40. The van der Waals surface area contributed by atoms with Crippen LogP contribution < -0.4 is 0 Å².